The number of rotatable bonds is 2. The van der Waals surface area contributed by atoms with E-state index in [2.05, 4.69) is 15.0 Å². The number of hydrogen-bond donors (Lipinski definition) is 2. The largest absolute Gasteiger partial charge is 0.418 e. The average molecular weight is 300 g/mol. The van der Waals surface area contributed by atoms with Gasteiger partial charge in [-0.05, 0) is 12.1 Å². The molecule has 0 atom stereocenters. The van der Waals surface area contributed by atoms with Gasteiger partial charge in [-0.2, -0.15) is 13.2 Å². The predicted molar refractivity (Wildman–Crippen MR) is 68.2 cm³/mol. The van der Waals surface area contributed by atoms with E-state index in [1.165, 1.54) is 6.20 Å². The van der Waals surface area contributed by atoms with Crippen LogP contribution >= 0.6 is 0 Å². The molecule has 0 saturated heterocycles. The fourth-order valence-electron chi connectivity index (χ4n) is 1.45. The summed E-state index contributed by atoms with van der Waals surface area (Å²) < 4.78 is 38.4. The van der Waals surface area contributed by atoms with Gasteiger partial charge in [0.05, 0.1) is 11.8 Å². The lowest BCUT2D eigenvalue weighted by Crippen LogP contribution is -2.10. The van der Waals surface area contributed by atoms with Gasteiger partial charge >= 0.3 is 6.18 Å². The number of anilines is 1. The Morgan fingerprint density at radius 2 is 1.95 bits per heavy atom. The van der Waals surface area contributed by atoms with Crippen molar-refractivity contribution in [1.82, 2.24) is 15.0 Å². The van der Waals surface area contributed by atoms with Crippen molar-refractivity contribution in [2.75, 3.05) is 12.8 Å². The standard InChI is InChI=1S/C11H7F3N4O.CH4O/c12-11(13,14)6-2-1-3-16-9(6)7-4-17-10(15)8(5-19)18-7;1-2/h1-5H,(H2,15,17);2H,1H3. The first-order chi connectivity index (χ1) is 9.93. The zero-order valence-corrected chi connectivity index (χ0v) is 10.8. The maximum Gasteiger partial charge on any atom is 0.418 e. The zero-order chi connectivity index (χ0) is 16.0. The molecule has 0 radical (unpaired) electrons. The van der Waals surface area contributed by atoms with Gasteiger partial charge in [-0.1, -0.05) is 0 Å². The molecule has 2 aromatic heterocycles. The van der Waals surface area contributed by atoms with Crippen LogP contribution in [0.4, 0.5) is 19.0 Å². The van der Waals surface area contributed by atoms with Crippen molar-refractivity contribution in [1.29, 1.82) is 0 Å². The van der Waals surface area contributed by atoms with Crippen LogP contribution in [0.3, 0.4) is 0 Å². The number of aliphatic hydroxyl groups is 1. The molecule has 3 N–H and O–H groups in total. The van der Waals surface area contributed by atoms with Crippen molar-refractivity contribution < 1.29 is 23.1 Å². The number of nitrogen functional groups attached to an aromatic ring is 1. The molecule has 2 heterocycles. The summed E-state index contributed by atoms with van der Waals surface area (Å²) in [5, 5.41) is 7.00. The summed E-state index contributed by atoms with van der Waals surface area (Å²) in [7, 11) is 1.00. The van der Waals surface area contributed by atoms with Gasteiger partial charge in [0.2, 0.25) is 0 Å². The van der Waals surface area contributed by atoms with Crippen LogP contribution in [-0.4, -0.2) is 33.5 Å². The summed E-state index contributed by atoms with van der Waals surface area (Å²) >= 11 is 0. The Hall–Kier alpha value is -2.55. The number of carbonyl (C=O) groups is 1. The molecule has 2 rings (SSSR count). The molecule has 0 unspecified atom stereocenters. The van der Waals surface area contributed by atoms with Crippen LogP contribution in [0.25, 0.3) is 11.4 Å². The molecule has 21 heavy (non-hydrogen) atoms. The third-order valence-electron chi connectivity index (χ3n) is 2.30. The average Bonchev–Trinajstić information content (AvgIpc) is 2.49. The Morgan fingerprint density at radius 1 is 1.29 bits per heavy atom. The van der Waals surface area contributed by atoms with Gasteiger partial charge in [0.1, 0.15) is 17.1 Å². The molecule has 0 aromatic carbocycles. The van der Waals surface area contributed by atoms with Crippen molar-refractivity contribution in [2.24, 2.45) is 0 Å². The Kier molecular flexibility index (Phi) is 5.30. The number of aromatic nitrogens is 3. The Morgan fingerprint density at radius 3 is 2.52 bits per heavy atom. The highest BCUT2D eigenvalue weighted by Gasteiger charge is 2.34. The lowest BCUT2D eigenvalue weighted by Gasteiger charge is -2.11. The summed E-state index contributed by atoms with van der Waals surface area (Å²) in [5.74, 6) is -0.150. The maximum absolute atomic E-state index is 12.8. The van der Waals surface area contributed by atoms with Crippen LogP contribution in [-0.2, 0) is 6.18 Å². The highest BCUT2D eigenvalue weighted by Crippen LogP contribution is 2.34. The third kappa shape index (κ3) is 3.72. The van der Waals surface area contributed by atoms with Gasteiger partial charge in [0.25, 0.3) is 0 Å². The summed E-state index contributed by atoms with van der Waals surface area (Å²) in [6.45, 7) is 0. The molecule has 9 heteroatoms. The fourth-order valence-corrected chi connectivity index (χ4v) is 1.45. The van der Waals surface area contributed by atoms with Gasteiger partial charge in [-0.15, -0.1) is 0 Å². The van der Waals surface area contributed by atoms with Crippen LogP contribution in [0, 0.1) is 0 Å². The van der Waals surface area contributed by atoms with E-state index in [-0.39, 0.29) is 17.2 Å². The van der Waals surface area contributed by atoms with Crippen LogP contribution in [0.15, 0.2) is 24.5 Å². The number of halogens is 3. The number of nitrogens with zero attached hydrogens (tertiary/aromatic N) is 3. The molecule has 0 fully saturated rings. The van der Waals surface area contributed by atoms with Crippen molar-refractivity contribution in [3.05, 3.63) is 35.8 Å². The smallest absolute Gasteiger partial charge is 0.400 e. The van der Waals surface area contributed by atoms with Crippen molar-refractivity contribution >= 4 is 12.1 Å². The normalized spacial score (nSPS) is 10.5. The van der Waals surface area contributed by atoms with Gasteiger partial charge in [-0.3, -0.25) is 9.78 Å². The van der Waals surface area contributed by atoms with E-state index in [9.17, 15) is 18.0 Å². The highest BCUT2D eigenvalue weighted by atomic mass is 19.4. The van der Waals surface area contributed by atoms with E-state index in [1.807, 2.05) is 0 Å². The number of aliphatic hydroxyl groups excluding tert-OH is 1. The lowest BCUT2D eigenvalue weighted by molar-refractivity contribution is -0.137. The molecule has 0 aliphatic rings. The summed E-state index contributed by atoms with van der Waals surface area (Å²) in [6.07, 6.45) is -2.01. The minimum Gasteiger partial charge on any atom is -0.400 e. The zero-order valence-electron chi connectivity index (χ0n) is 10.8. The topological polar surface area (TPSA) is 102 Å². The monoisotopic (exact) mass is 300 g/mol. The molecule has 6 nitrogen and oxygen atoms in total. The second-order valence-corrected chi connectivity index (χ2v) is 3.54. The predicted octanol–water partition coefficient (Wildman–Crippen LogP) is 1.56. The Bertz CT molecular complexity index is 632. The van der Waals surface area contributed by atoms with Gasteiger partial charge in [-0.25, -0.2) is 9.97 Å². The van der Waals surface area contributed by atoms with E-state index >= 15 is 0 Å². The number of carbonyl (C=O) groups excluding carboxylic acids is 1. The van der Waals surface area contributed by atoms with E-state index in [1.54, 1.807) is 0 Å². The number of alkyl halides is 3. The highest BCUT2D eigenvalue weighted by molar-refractivity contribution is 5.79. The van der Waals surface area contributed by atoms with Crippen molar-refractivity contribution in [3.63, 3.8) is 0 Å². The molecule has 0 saturated carbocycles. The number of aldehydes is 1. The second-order valence-electron chi connectivity index (χ2n) is 3.54. The number of hydrogen-bond acceptors (Lipinski definition) is 6. The molecule has 0 aliphatic carbocycles. The number of pyridine rings is 1. The molecular weight excluding hydrogens is 289 g/mol. The van der Waals surface area contributed by atoms with E-state index < -0.39 is 17.4 Å². The van der Waals surface area contributed by atoms with E-state index in [0.717, 1.165) is 25.4 Å². The minimum atomic E-state index is -4.58. The minimum absolute atomic E-state index is 0.150. The molecule has 2 aromatic rings. The van der Waals surface area contributed by atoms with Crippen LogP contribution < -0.4 is 5.73 Å². The molecule has 0 aliphatic heterocycles. The third-order valence-corrected chi connectivity index (χ3v) is 2.30. The fraction of sp³-hybridized carbons (Fsp3) is 0.167. The van der Waals surface area contributed by atoms with Crippen LogP contribution in [0.5, 0.6) is 0 Å². The summed E-state index contributed by atoms with van der Waals surface area (Å²) in [4.78, 5) is 21.7. The van der Waals surface area contributed by atoms with Gasteiger partial charge in [0.15, 0.2) is 12.1 Å². The SMILES string of the molecule is CO.Nc1ncc(-c2ncccc2C(F)(F)F)nc1C=O. The van der Waals surface area contributed by atoms with Crippen LogP contribution in [0.2, 0.25) is 0 Å². The molecule has 0 amide bonds. The molecule has 0 bridgehead atoms. The second kappa shape index (κ2) is 6.75. The van der Waals surface area contributed by atoms with Crippen molar-refractivity contribution in [2.45, 2.75) is 6.18 Å². The van der Waals surface area contributed by atoms with Crippen molar-refractivity contribution in [3.8, 4) is 11.4 Å². The first kappa shape index (κ1) is 16.5. The number of nitrogens with two attached hydrogens (primary N) is 1. The van der Waals surface area contributed by atoms with Crippen LogP contribution in [0.1, 0.15) is 16.1 Å². The quantitative estimate of drug-likeness (QED) is 0.816. The van der Waals surface area contributed by atoms with E-state index in [0.29, 0.717) is 6.29 Å². The van der Waals surface area contributed by atoms with Gasteiger partial charge in [0, 0.05) is 13.3 Å². The Labute approximate surface area is 117 Å². The lowest BCUT2D eigenvalue weighted by atomic mass is 10.1. The summed E-state index contributed by atoms with van der Waals surface area (Å²) in [5.41, 5.74) is 3.62. The maximum atomic E-state index is 12.8. The first-order valence-corrected chi connectivity index (χ1v) is 5.48. The van der Waals surface area contributed by atoms with E-state index in [4.69, 9.17) is 10.8 Å². The molecule has 112 valence electrons. The molecular formula is C12H11F3N4O2. The first-order valence-electron chi connectivity index (χ1n) is 5.48. The molecule has 0 spiro atoms. The van der Waals surface area contributed by atoms with Gasteiger partial charge < -0.3 is 10.8 Å². The Balaban J connectivity index is 0.00000106. The summed E-state index contributed by atoms with van der Waals surface area (Å²) in [6, 6.07) is 2.04.